The van der Waals surface area contributed by atoms with E-state index in [-0.39, 0.29) is 22.3 Å². The number of carboxylic acids is 1. The van der Waals surface area contributed by atoms with Crippen LogP contribution in [0.1, 0.15) is 0 Å². The van der Waals surface area contributed by atoms with Gasteiger partial charge < -0.3 is 10.4 Å². The molecule has 86 valence electrons. The van der Waals surface area contributed by atoms with Gasteiger partial charge in [-0.25, -0.2) is 13.6 Å². The minimum Gasteiger partial charge on any atom is -0.478 e. The number of hydrogen-bond acceptors (Lipinski definition) is 2. The van der Waals surface area contributed by atoms with E-state index in [1.165, 1.54) is 0 Å². The van der Waals surface area contributed by atoms with Crippen LogP contribution >= 0.6 is 15.9 Å². The zero-order valence-corrected chi connectivity index (χ0v) is 9.64. The first-order valence-electron chi connectivity index (χ1n) is 4.21. The summed E-state index contributed by atoms with van der Waals surface area (Å²) in [5, 5.41) is 11.1. The molecule has 16 heavy (non-hydrogen) atoms. The molecule has 0 saturated carbocycles. The first kappa shape index (κ1) is 12.6. The van der Waals surface area contributed by atoms with Gasteiger partial charge in [-0.05, 0) is 22.0 Å². The van der Waals surface area contributed by atoms with Gasteiger partial charge in [-0.15, -0.1) is 0 Å². The Bertz CT molecular complexity index is 425. The molecule has 1 aromatic rings. The van der Waals surface area contributed by atoms with Crippen molar-refractivity contribution in [3.05, 3.63) is 40.4 Å². The van der Waals surface area contributed by atoms with E-state index in [2.05, 4.69) is 27.8 Å². The quantitative estimate of drug-likeness (QED) is 0.839. The molecule has 0 saturated heterocycles. The molecule has 1 aromatic carbocycles. The minimum atomic E-state index is -1.17. The number of carbonyl (C=O) groups is 1. The molecule has 6 heteroatoms. The summed E-state index contributed by atoms with van der Waals surface area (Å²) in [6.07, 6.45) is 0. The van der Waals surface area contributed by atoms with Gasteiger partial charge in [0.15, 0.2) is 0 Å². The van der Waals surface area contributed by atoms with Crippen LogP contribution in [0, 0.1) is 11.6 Å². The number of benzene rings is 1. The lowest BCUT2D eigenvalue weighted by Gasteiger charge is -2.09. The maximum absolute atomic E-state index is 13.3. The largest absolute Gasteiger partial charge is 0.478 e. The van der Waals surface area contributed by atoms with Gasteiger partial charge in [-0.3, -0.25) is 0 Å². The van der Waals surface area contributed by atoms with Crippen molar-refractivity contribution in [3.63, 3.8) is 0 Å². The van der Waals surface area contributed by atoms with Gasteiger partial charge in [0, 0.05) is 22.7 Å². The summed E-state index contributed by atoms with van der Waals surface area (Å²) in [6.45, 7) is 3.14. The van der Waals surface area contributed by atoms with Crippen molar-refractivity contribution in [1.82, 2.24) is 0 Å². The van der Waals surface area contributed by atoms with Gasteiger partial charge in [0.05, 0.1) is 5.69 Å². The molecule has 0 bridgehead atoms. The van der Waals surface area contributed by atoms with Crippen LogP contribution in [-0.2, 0) is 4.79 Å². The van der Waals surface area contributed by atoms with Crippen LogP contribution in [0.4, 0.5) is 14.5 Å². The number of anilines is 1. The van der Waals surface area contributed by atoms with Crippen molar-refractivity contribution >= 4 is 27.6 Å². The first-order chi connectivity index (χ1) is 7.41. The Hall–Kier alpha value is -1.43. The van der Waals surface area contributed by atoms with Gasteiger partial charge in [0.1, 0.15) is 11.6 Å². The van der Waals surface area contributed by atoms with E-state index in [4.69, 9.17) is 5.11 Å². The molecule has 0 radical (unpaired) electrons. The molecule has 1 rings (SSSR count). The normalized spacial score (nSPS) is 9.94. The summed E-state index contributed by atoms with van der Waals surface area (Å²) in [7, 11) is 0. The smallest absolute Gasteiger partial charge is 0.332 e. The third-order valence-corrected chi connectivity index (χ3v) is 2.41. The molecule has 0 fully saturated rings. The average Bonchev–Trinajstić information content (AvgIpc) is 2.15. The fraction of sp³-hybridized carbons (Fsp3) is 0.100. The molecule has 0 unspecified atom stereocenters. The minimum absolute atomic E-state index is 0.00352. The summed E-state index contributed by atoms with van der Waals surface area (Å²) >= 11 is 2.97. The Morgan fingerprint density at radius 2 is 2.12 bits per heavy atom. The molecule has 0 atom stereocenters. The van der Waals surface area contributed by atoms with Crippen molar-refractivity contribution in [2.45, 2.75) is 0 Å². The molecule has 0 amide bonds. The van der Waals surface area contributed by atoms with E-state index in [0.717, 1.165) is 6.07 Å². The van der Waals surface area contributed by atoms with Crippen molar-refractivity contribution in [3.8, 4) is 0 Å². The second kappa shape index (κ2) is 5.07. The molecule has 0 aromatic heterocycles. The van der Waals surface area contributed by atoms with Crippen LogP contribution in [0.3, 0.4) is 0 Å². The molecule has 0 spiro atoms. The van der Waals surface area contributed by atoms with E-state index in [9.17, 15) is 13.6 Å². The summed E-state index contributed by atoms with van der Waals surface area (Å²) in [6, 6.07) is 1.78. The summed E-state index contributed by atoms with van der Waals surface area (Å²) in [5.41, 5.74) is -0.112. The standard InChI is InChI=1S/C10H8BrF2NO2/c1-5(10(15)16)4-14-9-7(11)2-6(12)3-8(9)13/h2-3,14H,1,4H2,(H,15,16). The molecule has 3 nitrogen and oxygen atoms in total. The van der Waals surface area contributed by atoms with E-state index < -0.39 is 17.6 Å². The first-order valence-corrected chi connectivity index (χ1v) is 5.00. The predicted octanol–water partition coefficient (Wildman–Crippen LogP) is 2.78. The topological polar surface area (TPSA) is 49.3 Å². The van der Waals surface area contributed by atoms with Gasteiger partial charge in [0.2, 0.25) is 0 Å². The highest BCUT2D eigenvalue weighted by molar-refractivity contribution is 9.10. The molecule has 2 N–H and O–H groups in total. The summed E-state index contributed by atoms with van der Waals surface area (Å²) in [5.74, 6) is -2.69. The van der Waals surface area contributed by atoms with Crippen molar-refractivity contribution in [2.75, 3.05) is 11.9 Å². The molecule has 0 aliphatic heterocycles. The SMILES string of the molecule is C=C(CNc1c(F)cc(F)cc1Br)C(=O)O. The molecule has 0 heterocycles. The summed E-state index contributed by atoms with van der Waals surface area (Å²) < 4.78 is 26.2. The fourth-order valence-corrected chi connectivity index (χ4v) is 1.53. The number of carboxylic acid groups (broad SMARTS) is 1. The van der Waals surface area contributed by atoms with Crippen molar-refractivity contribution in [2.24, 2.45) is 0 Å². The third-order valence-electron chi connectivity index (χ3n) is 1.79. The average molecular weight is 292 g/mol. The predicted molar refractivity (Wildman–Crippen MR) is 59.3 cm³/mol. The Morgan fingerprint density at radius 1 is 1.50 bits per heavy atom. The number of rotatable bonds is 4. The molecule has 0 aliphatic rings. The van der Waals surface area contributed by atoms with Gasteiger partial charge in [-0.1, -0.05) is 6.58 Å². The number of aliphatic carboxylic acids is 1. The zero-order chi connectivity index (χ0) is 12.3. The van der Waals surface area contributed by atoms with Crippen LogP contribution in [0.25, 0.3) is 0 Å². The van der Waals surface area contributed by atoms with E-state index in [0.29, 0.717) is 6.07 Å². The number of hydrogen-bond donors (Lipinski definition) is 2. The van der Waals surface area contributed by atoms with E-state index in [1.54, 1.807) is 0 Å². The highest BCUT2D eigenvalue weighted by Gasteiger charge is 2.11. The lowest BCUT2D eigenvalue weighted by atomic mass is 10.2. The highest BCUT2D eigenvalue weighted by atomic mass is 79.9. The second-order valence-corrected chi connectivity index (χ2v) is 3.86. The van der Waals surface area contributed by atoms with E-state index in [1.807, 2.05) is 0 Å². The van der Waals surface area contributed by atoms with Crippen LogP contribution in [0.2, 0.25) is 0 Å². The maximum Gasteiger partial charge on any atom is 0.332 e. The zero-order valence-electron chi connectivity index (χ0n) is 8.06. The highest BCUT2D eigenvalue weighted by Crippen LogP contribution is 2.26. The molecule has 0 aliphatic carbocycles. The Kier molecular flexibility index (Phi) is 4.00. The molecular formula is C10H8BrF2NO2. The molecular weight excluding hydrogens is 284 g/mol. The fourth-order valence-electron chi connectivity index (χ4n) is 0.982. The lowest BCUT2D eigenvalue weighted by Crippen LogP contribution is -2.12. The van der Waals surface area contributed by atoms with Crippen LogP contribution in [0.15, 0.2) is 28.8 Å². The van der Waals surface area contributed by atoms with Crippen LogP contribution in [-0.4, -0.2) is 17.6 Å². The van der Waals surface area contributed by atoms with Crippen molar-refractivity contribution in [1.29, 1.82) is 0 Å². The van der Waals surface area contributed by atoms with Crippen LogP contribution < -0.4 is 5.32 Å². The Labute approximate surface area is 98.9 Å². The van der Waals surface area contributed by atoms with Gasteiger partial charge in [-0.2, -0.15) is 0 Å². The Balaban J connectivity index is 2.82. The Morgan fingerprint density at radius 3 is 2.62 bits per heavy atom. The van der Waals surface area contributed by atoms with Crippen LogP contribution in [0.5, 0.6) is 0 Å². The van der Waals surface area contributed by atoms with E-state index >= 15 is 0 Å². The lowest BCUT2D eigenvalue weighted by molar-refractivity contribution is -0.132. The third kappa shape index (κ3) is 3.03. The number of nitrogens with one attached hydrogen (secondary N) is 1. The number of halogens is 3. The monoisotopic (exact) mass is 291 g/mol. The van der Waals surface area contributed by atoms with Crippen molar-refractivity contribution < 1.29 is 18.7 Å². The van der Waals surface area contributed by atoms with Gasteiger partial charge in [0.25, 0.3) is 0 Å². The summed E-state index contributed by atoms with van der Waals surface area (Å²) in [4.78, 5) is 10.4. The second-order valence-electron chi connectivity index (χ2n) is 3.01. The van der Waals surface area contributed by atoms with Gasteiger partial charge >= 0.3 is 5.97 Å². The maximum atomic E-state index is 13.3.